The van der Waals surface area contributed by atoms with Crippen molar-refractivity contribution in [3.63, 3.8) is 0 Å². The fraction of sp³-hybridized carbons (Fsp3) is 0.429. The molecule has 0 radical (unpaired) electrons. The molecule has 0 aromatic heterocycles. The van der Waals surface area contributed by atoms with E-state index in [1.165, 1.54) is 0 Å². The first-order valence-corrected chi connectivity index (χ1v) is 6.44. The van der Waals surface area contributed by atoms with Gasteiger partial charge in [-0.05, 0) is 38.0 Å². The van der Waals surface area contributed by atoms with Gasteiger partial charge >= 0.3 is 0 Å². The average molecular weight is 300 g/mol. The summed E-state index contributed by atoms with van der Waals surface area (Å²) in [5.41, 5.74) is 7.71. The maximum absolute atomic E-state index is 11.8. The van der Waals surface area contributed by atoms with Crippen LogP contribution in [0.1, 0.15) is 36.2 Å². The Bertz CT molecular complexity index is 477. The molecule has 0 fully saturated rings. The van der Waals surface area contributed by atoms with Crippen LogP contribution in [-0.4, -0.2) is 24.4 Å². The van der Waals surface area contributed by atoms with E-state index >= 15 is 0 Å². The van der Waals surface area contributed by atoms with Crippen molar-refractivity contribution in [2.24, 2.45) is 5.73 Å². The molecule has 0 unspecified atom stereocenters. The first-order valence-electron chi connectivity index (χ1n) is 6.44. The van der Waals surface area contributed by atoms with Crippen LogP contribution in [0, 0.1) is 6.92 Å². The van der Waals surface area contributed by atoms with E-state index in [0.717, 1.165) is 5.56 Å². The molecule has 0 aliphatic carbocycles. The smallest absolute Gasteiger partial charge is 0.251 e. The van der Waals surface area contributed by atoms with Crippen molar-refractivity contribution in [1.82, 2.24) is 5.32 Å². The molecule has 0 aliphatic rings. The van der Waals surface area contributed by atoms with Crippen LogP contribution < -0.4 is 16.4 Å². The van der Waals surface area contributed by atoms with Crippen LogP contribution >= 0.6 is 12.4 Å². The molecule has 4 N–H and O–H groups in total. The van der Waals surface area contributed by atoms with Gasteiger partial charge in [-0.3, -0.25) is 9.59 Å². The summed E-state index contributed by atoms with van der Waals surface area (Å²) in [6.45, 7) is 6.14. The minimum absolute atomic E-state index is 0. The third-order valence-electron chi connectivity index (χ3n) is 2.87. The Hall–Kier alpha value is -1.59. The van der Waals surface area contributed by atoms with Gasteiger partial charge in [0.25, 0.3) is 5.91 Å². The van der Waals surface area contributed by atoms with Crippen molar-refractivity contribution in [3.05, 3.63) is 29.3 Å². The highest BCUT2D eigenvalue weighted by atomic mass is 35.5. The van der Waals surface area contributed by atoms with Crippen molar-refractivity contribution in [1.29, 1.82) is 0 Å². The van der Waals surface area contributed by atoms with Gasteiger partial charge in [-0.1, -0.05) is 13.0 Å². The molecule has 0 heterocycles. The number of halogens is 1. The van der Waals surface area contributed by atoms with Crippen molar-refractivity contribution < 1.29 is 9.59 Å². The lowest BCUT2D eigenvalue weighted by molar-refractivity contribution is -0.117. The minimum Gasteiger partial charge on any atom is -0.352 e. The molecule has 112 valence electrons. The predicted octanol–water partition coefficient (Wildman–Crippen LogP) is 1.84. The van der Waals surface area contributed by atoms with Crippen LogP contribution in [0.25, 0.3) is 0 Å². The van der Waals surface area contributed by atoms with Gasteiger partial charge in [-0.2, -0.15) is 0 Å². The number of nitrogens with two attached hydrogens (primary N) is 1. The zero-order chi connectivity index (χ0) is 14.4. The minimum atomic E-state index is -0.535. The maximum atomic E-state index is 11.8. The molecule has 2 amide bonds. The van der Waals surface area contributed by atoms with E-state index in [1.54, 1.807) is 18.2 Å². The Morgan fingerprint density at radius 2 is 1.95 bits per heavy atom. The number of hydrogen-bond donors (Lipinski definition) is 3. The quantitative estimate of drug-likeness (QED) is 0.775. The zero-order valence-corrected chi connectivity index (χ0v) is 12.8. The standard InChI is InChI=1S/C14H21N3O2.ClH/c1-4-11(15)14(19)17-12-8-10(7-6-9(12)3)13(18)16-5-2;/h6-8,11H,4-5,15H2,1-3H3,(H,16,18)(H,17,19);1H/t11-;/m0./s1. The van der Waals surface area contributed by atoms with Gasteiger partial charge in [0.1, 0.15) is 0 Å². The van der Waals surface area contributed by atoms with Crippen molar-refractivity contribution in [2.45, 2.75) is 33.2 Å². The molecular weight excluding hydrogens is 278 g/mol. The number of carbonyl (C=O) groups excluding carboxylic acids is 2. The van der Waals surface area contributed by atoms with Gasteiger partial charge < -0.3 is 16.4 Å². The van der Waals surface area contributed by atoms with E-state index in [9.17, 15) is 9.59 Å². The summed E-state index contributed by atoms with van der Waals surface area (Å²) in [7, 11) is 0. The Kier molecular flexibility index (Phi) is 7.87. The van der Waals surface area contributed by atoms with Gasteiger partial charge in [0.2, 0.25) is 5.91 Å². The molecule has 1 atom stereocenters. The lowest BCUT2D eigenvalue weighted by Gasteiger charge is -2.13. The van der Waals surface area contributed by atoms with Gasteiger partial charge in [0, 0.05) is 17.8 Å². The summed E-state index contributed by atoms with van der Waals surface area (Å²) in [5, 5.41) is 5.47. The highest BCUT2D eigenvalue weighted by Gasteiger charge is 2.13. The van der Waals surface area contributed by atoms with E-state index in [2.05, 4.69) is 10.6 Å². The molecule has 0 saturated heterocycles. The van der Waals surface area contributed by atoms with Crippen LogP contribution in [0.15, 0.2) is 18.2 Å². The van der Waals surface area contributed by atoms with E-state index in [0.29, 0.717) is 24.2 Å². The molecule has 0 bridgehead atoms. The lowest BCUT2D eigenvalue weighted by atomic mass is 10.1. The molecule has 20 heavy (non-hydrogen) atoms. The van der Waals surface area contributed by atoms with Gasteiger partial charge in [0.05, 0.1) is 6.04 Å². The van der Waals surface area contributed by atoms with E-state index in [-0.39, 0.29) is 24.2 Å². The van der Waals surface area contributed by atoms with Crippen LogP contribution in [0.3, 0.4) is 0 Å². The molecule has 1 aromatic carbocycles. The average Bonchev–Trinajstić information content (AvgIpc) is 2.40. The summed E-state index contributed by atoms with van der Waals surface area (Å²) in [6, 6.07) is 4.67. The molecule has 6 heteroatoms. The molecule has 0 saturated carbocycles. The Balaban J connectivity index is 0.00000361. The van der Waals surface area contributed by atoms with Gasteiger partial charge in [-0.25, -0.2) is 0 Å². The number of aryl methyl sites for hydroxylation is 1. The second-order valence-corrected chi connectivity index (χ2v) is 4.39. The molecule has 5 nitrogen and oxygen atoms in total. The van der Waals surface area contributed by atoms with Gasteiger partial charge in [-0.15, -0.1) is 12.4 Å². The number of benzene rings is 1. The summed E-state index contributed by atoms with van der Waals surface area (Å²) < 4.78 is 0. The zero-order valence-electron chi connectivity index (χ0n) is 12.0. The van der Waals surface area contributed by atoms with Crippen LogP contribution in [0.4, 0.5) is 5.69 Å². The Morgan fingerprint density at radius 3 is 2.50 bits per heavy atom. The molecule has 1 aromatic rings. The topological polar surface area (TPSA) is 84.2 Å². The fourth-order valence-corrected chi connectivity index (χ4v) is 1.57. The van der Waals surface area contributed by atoms with Crippen molar-refractivity contribution >= 4 is 29.9 Å². The highest BCUT2D eigenvalue weighted by Crippen LogP contribution is 2.17. The molecular formula is C14H22ClN3O2. The molecule has 0 spiro atoms. The largest absolute Gasteiger partial charge is 0.352 e. The molecule has 1 rings (SSSR count). The van der Waals surface area contributed by atoms with E-state index in [4.69, 9.17) is 5.73 Å². The number of hydrogen-bond acceptors (Lipinski definition) is 3. The number of amides is 2. The lowest BCUT2D eigenvalue weighted by Crippen LogP contribution is -2.35. The normalized spacial score (nSPS) is 11.2. The van der Waals surface area contributed by atoms with Crippen LogP contribution in [0.5, 0.6) is 0 Å². The summed E-state index contributed by atoms with van der Waals surface area (Å²) >= 11 is 0. The number of anilines is 1. The first-order chi connectivity index (χ1) is 8.99. The van der Waals surface area contributed by atoms with E-state index in [1.807, 2.05) is 20.8 Å². The second kappa shape index (κ2) is 8.55. The SMILES string of the molecule is CCNC(=O)c1ccc(C)c(NC(=O)[C@@H](N)CC)c1.Cl. The molecule has 0 aliphatic heterocycles. The summed E-state index contributed by atoms with van der Waals surface area (Å²) in [4.78, 5) is 23.5. The maximum Gasteiger partial charge on any atom is 0.251 e. The van der Waals surface area contributed by atoms with Crippen LogP contribution in [0.2, 0.25) is 0 Å². The van der Waals surface area contributed by atoms with Crippen molar-refractivity contribution in [3.8, 4) is 0 Å². The third kappa shape index (κ3) is 4.83. The van der Waals surface area contributed by atoms with Crippen LogP contribution in [-0.2, 0) is 4.79 Å². The van der Waals surface area contributed by atoms with E-state index < -0.39 is 6.04 Å². The Morgan fingerprint density at radius 1 is 1.30 bits per heavy atom. The number of nitrogens with one attached hydrogen (secondary N) is 2. The second-order valence-electron chi connectivity index (χ2n) is 4.39. The fourth-order valence-electron chi connectivity index (χ4n) is 1.57. The predicted molar refractivity (Wildman–Crippen MR) is 83.3 cm³/mol. The Labute approximate surface area is 125 Å². The highest BCUT2D eigenvalue weighted by molar-refractivity contribution is 5.99. The van der Waals surface area contributed by atoms with Gasteiger partial charge in [0.15, 0.2) is 0 Å². The summed E-state index contributed by atoms with van der Waals surface area (Å²) in [6.07, 6.45) is 0.570. The first kappa shape index (κ1) is 18.4. The third-order valence-corrected chi connectivity index (χ3v) is 2.87. The van der Waals surface area contributed by atoms with Crippen molar-refractivity contribution in [2.75, 3.05) is 11.9 Å². The summed E-state index contributed by atoms with van der Waals surface area (Å²) in [5.74, 6) is -0.392. The number of carbonyl (C=O) groups is 2. The monoisotopic (exact) mass is 299 g/mol. The number of rotatable bonds is 5.